The number of hydrogen-bond acceptors (Lipinski definition) is 1. The van der Waals surface area contributed by atoms with Crippen molar-refractivity contribution in [3.8, 4) is 0 Å². The summed E-state index contributed by atoms with van der Waals surface area (Å²) < 4.78 is 0. The molecule has 1 fully saturated rings. The van der Waals surface area contributed by atoms with E-state index in [-0.39, 0.29) is 0 Å². The molecule has 1 saturated carbocycles. The molecule has 1 nitrogen and oxygen atoms in total. The van der Waals surface area contributed by atoms with Gasteiger partial charge in [-0.3, -0.25) is 0 Å². The second-order valence-electron chi connectivity index (χ2n) is 6.92. The molecule has 0 atom stereocenters. The van der Waals surface area contributed by atoms with Crippen LogP contribution in [0.25, 0.3) is 0 Å². The molecule has 0 radical (unpaired) electrons. The van der Waals surface area contributed by atoms with Gasteiger partial charge in [-0.25, -0.2) is 0 Å². The summed E-state index contributed by atoms with van der Waals surface area (Å²) in [6.45, 7) is 13.6. The highest BCUT2D eigenvalue weighted by Crippen LogP contribution is 2.59. The molecular weight excluding hydrogens is 242 g/mol. The van der Waals surface area contributed by atoms with Crippen molar-refractivity contribution in [2.24, 2.45) is 5.41 Å². The molecule has 1 aromatic carbocycles. The van der Waals surface area contributed by atoms with Crippen molar-refractivity contribution in [2.75, 3.05) is 13.1 Å². The Hall–Kier alpha value is -0.820. The van der Waals surface area contributed by atoms with Crippen LogP contribution in [-0.4, -0.2) is 13.1 Å². The maximum Gasteiger partial charge on any atom is 0.00884 e. The average molecular weight is 273 g/mol. The van der Waals surface area contributed by atoms with E-state index in [0.29, 0.717) is 10.8 Å². The Kier molecular flexibility index (Phi) is 4.59. The first-order valence-electron chi connectivity index (χ1n) is 8.29. The molecular formula is C19H31N. The van der Waals surface area contributed by atoms with Crippen molar-refractivity contribution < 1.29 is 0 Å². The molecule has 1 heteroatoms. The summed E-state index contributed by atoms with van der Waals surface area (Å²) >= 11 is 0. The van der Waals surface area contributed by atoms with Gasteiger partial charge in [-0.15, -0.1) is 0 Å². The first-order chi connectivity index (χ1) is 9.51. The molecule has 20 heavy (non-hydrogen) atoms. The summed E-state index contributed by atoms with van der Waals surface area (Å²) in [4.78, 5) is 0. The van der Waals surface area contributed by atoms with E-state index in [0.717, 1.165) is 13.1 Å². The zero-order chi connectivity index (χ0) is 14.8. The lowest BCUT2D eigenvalue weighted by Gasteiger charge is -2.57. The van der Waals surface area contributed by atoms with Gasteiger partial charge in [0.25, 0.3) is 0 Å². The largest absolute Gasteiger partial charge is 0.316 e. The van der Waals surface area contributed by atoms with Gasteiger partial charge in [0, 0.05) is 12.0 Å². The van der Waals surface area contributed by atoms with Gasteiger partial charge >= 0.3 is 0 Å². The third-order valence-corrected chi connectivity index (χ3v) is 5.76. The van der Waals surface area contributed by atoms with Crippen LogP contribution in [0, 0.1) is 19.3 Å². The Morgan fingerprint density at radius 3 is 2.15 bits per heavy atom. The zero-order valence-electron chi connectivity index (χ0n) is 14.0. The van der Waals surface area contributed by atoms with E-state index >= 15 is 0 Å². The zero-order valence-corrected chi connectivity index (χ0v) is 14.0. The third kappa shape index (κ3) is 2.65. The fourth-order valence-electron chi connectivity index (χ4n) is 4.00. The van der Waals surface area contributed by atoms with Crippen LogP contribution in [0.1, 0.15) is 63.1 Å². The average Bonchev–Trinajstić information content (AvgIpc) is 2.42. The first-order valence-corrected chi connectivity index (χ1v) is 8.29. The summed E-state index contributed by atoms with van der Waals surface area (Å²) in [6.07, 6.45) is 5.34. The normalized spacial score (nSPS) is 19.6. The van der Waals surface area contributed by atoms with Crippen molar-refractivity contribution in [1.29, 1.82) is 0 Å². The minimum atomic E-state index is 0.375. The van der Waals surface area contributed by atoms with E-state index < -0.39 is 0 Å². The predicted molar refractivity (Wildman–Crippen MR) is 88.4 cm³/mol. The topological polar surface area (TPSA) is 12.0 Å². The highest BCUT2D eigenvalue weighted by Gasteiger charge is 2.52. The van der Waals surface area contributed by atoms with Crippen LogP contribution in [0.15, 0.2) is 18.2 Å². The summed E-state index contributed by atoms with van der Waals surface area (Å²) in [5.74, 6) is 0. The predicted octanol–water partition coefficient (Wildman–Crippen LogP) is 4.75. The maximum atomic E-state index is 3.61. The summed E-state index contributed by atoms with van der Waals surface area (Å²) in [5, 5.41) is 3.61. The molecule has 112 valence electrons. The minimum Gasteiger partial charge on any atom is -0.316 e. The number of benzene rings is 1. The molecule has 1 N–H and O–H groups in total. The van der Waals surface area contributed by atoms with Crippen LogP contribution in [0.5, 0.6) is 0 Å². The highest BCUT2D eigenvalue weighted by molar-refractivity contribution is 5.38. The highest BCUT2D eigenvalue weighted by atomic mass is 14.9. The molecule has 1 aliphatic rings. The maximum absolute atomic E-state index is 3.61. The number of likely N-dealkylation sites (N-methyl/N-ethyl adjacent to an activating group) is 1. The fourth-order valence-corrected chi connectivity index (χ4v) is 4.00. The van der Waals surface area contributed by atoms with E-state index in [4.69, 9.17) is 0 Å². The van der Waals surface area contributed by atoms with Gasteiger partial charge in [0.05, 0.1) is 0 Å². The van der Waals surface area contributed by atoms with Crippen LogP contribution in [0.4, 0.5) is 0 Å². The molecule has 2 rings (SSSR count). The van der Waals surface area contributed by atoms with Gasteiger partial charge in [-0.05, 0) is 55.3 Å². The molecule has 0 aliphatic heterocycles. The summed E-state index contributed by atoms with van der Waals surface area (Å²) in [7, 11) is 0. The van der Waals surface area contributed by atoms with Crippen molar-refractivity contribution >= 4 is 0 Å². The smallest absolute Gasteiger partial charge is 0.00884 e. The Bertz CT molecular complexity index is 449. The Balaban J connectivity index is 2.27. The Morgan fingerprint density at radius 1 is 1.00 bits per heavy atom. The second-order valence-corrected chi connectivity index (χ2v) is 6.92. The monoisotopic (exact) mass is 273 g/mol. The molecule has 1 aliphatic carbocycles. The van der Waals surface area contributed by atoms with E-state index in [2.05, 4.69) is 58.1 Å². The van der Waals surface area contributed by atoms with Crippen molar-refractivity contribution in [2.45, 2.75) is 65.7 Å². The molecule has 0 heterocycles. The van der Waals surface area contributed by atoms with E-state index in [1.165, 1.54) is 36.8 Å². The van der Waals surface area contributed by atoms with Gasteiger partial charge < -0.3 is 5.32 Å². The number of aryl methyl sites for hydroxylation is 2. The number of rotatable bonds is 6. The van der Waals surface area contributed by atoms with Crippen molar-refractivity contribution in [3.63, 3.8) is 0 Å². The van der Waals surface area contributed by atoms with E-state index in [1.54, 1.807) is 5.56 Å². The number of nitrogens with one attached hydrogen (secondary N) is 1. The van der Waals surface area contributed by atoms with Crippen molar-refractivity contribution in [1.82, 2.24) is 5.32 Å². The fraction of sp³-hybridized carbons (Fsp3) is 0.684. The van der Waals surface area contributed by atoms with Gasteiger partial charge in [-0.2, -0.15) is 0 Å². The molecule has 0 amide bonds. The van der Waals surface area contributed by atoms with Crippen LogP contribution >= 0.6 is 0 Å². The minimum absolute atomic E-state index is 0.375. The third-order valence-electron chi connectivity index (χ3n) is 5.76. The lowest BCUT2D eigenvalue weighted by Crippen LogP contribution is -2.54. The van der Waals surface area contributed by atoms with Crippen LogP contribution in [0.2, 0.25) is 0 Å². The quantitative estimate of drug-likeness (QED) is 0.788. The summed E-state index contributed by atoms with van der Waals surface area (Å²) in [5.41, 5.74) is 5.36. The molecule has 0 bridgehead atoms. The molecule has 0 aromatic heterocycles. The Labute approximate surface area is 125 Å². The molecule has 1 aromatic rings. The standard InChI is InChI=1S/C19H31N/c1-6-18(7-2)12-19(13-18,14-20-8-3)17-10-9-15(4)16(5)11-17/h9-11,20H,6-8,12-14H2,1-5H3. The van der Waals surface area contributed by atoms with E-state index in [1.807, 2.05) is 0 Å². The van der Waals surface area contributed by atoms with Crippen molar-refractivity contribution in [3.05, 3.63) is 34.9 Å². The van der Waals surface area contributed by atoms with E-state index in [9.17, 15) is 0 Å². The van der Waals surface area contributed by atoms with Crippen LogP contribution in [0.3, 0.4) is 0 Å². The molecule has 0 unspecified atom stereocenters. The second kappa shape index (κ2) is 5.89. The first kappa shape index (κ1) is 15.6. The van der Waals surface area contributed by atoms with Crippen LogP contribution in [-0.2, 0) is 5.41 Å². The Morgan fingerprint density at radius 2 is 1.65 bits per heavy atom. The molecule has 0 spiro atoms. The SMILES string of the molecule is CCNCC1(c2ccc(C)c(C)c2)CC(CC)(CC)C1. The van der Waals surface area contributed by atoms with Gasteiger partial charge in [0.15, 0.2) is 0 Å². The lowest BCUT2D eigenvalue weighted by atomic mass is 9.48. The summed E-state index contributed by atoms with van der Waals surface area (Å²) in [6, 6.07) is 7.10. The van der Waals surface area contributed by atoms with Gasteiger partial charge in [0.1, 0.15) is 0 Å². The molecule has 0 saturated heterocycles. The van der Waals surface area contributed by atoms with Crippen LogP contribution < -0.4 is 5.32 Å². The number of hydrogen-bond donors (Lipinski definition) is 1. The van der Waals surface area contributed by atoms with Gasteiger partial charge in [-0.1, -0.05) is 51.8 Å². The van der Waals surface area contributed by atoms with Gasteiger partial charge in [0.2, 0.25) is 0 Å². The lowest BCUT2D eigenvalue weighted by molar-refractivity contribution is 0.0132.